The molecule has 0 unspecified atom stereocenters. The molecule has 31 heavy (non-hydrogen) atoms. The number of allylic oxidation sites excluding steroid dienone is 1. The van der Waals surface area contributed by atoms with Gasteiger partial charge in [-0.3, -0.25) is 9.59 Å². The molecule has 160 valence electrons. The van der Waals surface area contributed by atoms with Crippen molar-refractivity contribution in [2.45, 2.75) is 31.2 Å². The van der Waals surface area contributed by atoms with E-state index in [2.05, 4.69) is 27.4 Å². The molecule has 0 saturated heterocycles. The molecule has 0 spiro atoms. The molecular weight excluding hydrogens is 410 g/mol. The maximum absolute atomic E-state index is 12.5. The Kier molecular flexibility index (Phi) is 8.00. The predicted molar refractivity (Wildman–Crippen MR) is 122 cm³/mol. The summed E-state index contributed by atoms with van der Waals surface area (Å²) in [6, 6.07) is 18.4. The van der Waals surface area contributed by atoms with Gasteiger partial charge in [-0.05, 0) is 24.6 Å². The van der Waals surface area contributed by atoms with E-state index in [-0.39, 0.29) is 23.6 Å². The van der Waals surface area contributed by atoms with Crippen molar-refractivity contribution in [3.05, 3.63) is 90.3 Å². The lowest BCUT2D eigenvalue weighted by atomic mass is 10.2. The molecule has 1 heterocycles. The number of benzene rings is 2. The van der Waals surface area contributed by atoms with Crippen molar-refractivity contribution in [2.24, 2.45) is 0 Å². The van der Waals surface area contributed by atoms with Crippen molar-refractivity contribution < 1.29 is 9.59 Å². The maximum Gasteiger partial charge on any atom is 0.251 e. The Morgan fingerprint density at radius 3 is 2.45 bits per heavy atom. The second-order valence-electron chi connectivity index (χ2n) is 6.85. The monoisotopic (exact) mass is 435 g/mol. The third-order valence-electron chi connectivity index (χ3n) is 4.49. The summed E-state index contributed by atoms with van der Waals surface area (Å²) in [5.74, 6) is 0.550. The van der Waals surface area contributed by atoms with Crippen LogP contribution < -0.4 is 10.6 Å². The highest BCUT2D eigenvalue weighted by Crippen LogP contribution is 2.21. The number of amides is 2. The van der Waals surface area contributed by atoms with Crippen LogP contribution in [0.1, 0.15) is 34.7 Å². The fraction of sp³-hybridized carbons (Fsp3) is 0.217. The maximum atomic E-state index is 12.5. The fourth-order valence-electron chi connectivity index (χ4n) is 2.94. The number of nitrogens with one attached hydrogen (secondary N) is 2. The quantitative estimate of drug-likeness (QED) is 0.377. The smallest absolute Gasteiger partial charge is 0.251 e. The molecule has 0 fully saturated rings. The van der Waals surface area contributed by atoms with E-state index in [0.717, 1.165) is 5.56 Å². The lowest BCUT2D eigenvalue weighted by molar-refractivity contribution is -0.118. The van der Waals surface area contributed by atoms with Crippen molar-refractivity contribution in [1.29, 1.82) is 0 Å². The molecular formula is C23H25N5O2S. The van der Waals surface area contributed by atoms with E-state index in [1.165, 1.54) is 11.8 Å². The SMILES string of the molecule is C=CCn1c(SCC(=O)NCc2ccccc2)nnc1[C@H](C)NC(=O)c1ccccc1. The first-order chi connectivity index (χ1) is 15.1. The van der Waals surface area contributed by atoms with Gasteiger partial charge >= 0.3 is 0 Å². The number of rotatable bonds is 10. The van der Waals surface area contributed by atoms with Crippen LogP contribution in [0.25, 0.3) is 0 Å². The molecule has 1 aromatic heterocycles. The molecule has 0 bridgehead atoms. The highest BCUT2D eigenvalue weighted by atomic mass is 32.2. The Balaban J connectivity index is 1.60. The average Bonchev–Trinajstić information content (AvgIpc) is 3.20. The zero-order valence-corrected chi connectivity index (χ0v) is 18.1. The van der Waals surface area contributed by atoms with E-state index in [1.54, 1.807) is 18.2 Å². The lowest BCUT2D eigenvalue weighted by Crippen LogP contribution is -2.28. The Labute approximate surface area is 186 Å². The first kappa shape index (κ1) is 22.3. The van der Waals surface area contributed by atoms with Gasteiger partial charge in [0.25, 0.3) is 5.91 Å². The molecule has 0 aliphatic heterocycles. The number of hydrogen-bond acceptors (Lipinski definition) is 5. The van der Waals surface area contributed by atoms with E-state index in [0.29, 0.717) is 29.6 Å². The van der Waals surface area contributed by atoms with Gasteiger partial charge in [0.1, 0.15) is 0 Å². The number of hydrogen-bond donors (Lipinski definition) is 2. The zero-order valence-electron chi connectivity index (χ0n) is 17.3. The summed E-state index contributed by atoms with van der Waals surface area (Å²) in [5, 5.41) is 14.9. The summed E-state index contributed by atoms with van der Waals surface area (Å²) >= 11 is 1.30. The highest BCUT2D eigenvalue weighted by molar-refractivity contribution is 7.99. The van der Waals surface area contributed by atoms with Crippen LogP contribution in [0.3, 0.4) is 0 Å². The van der Waals surface area contributed by atoms with Crippen LogP contribution in [-0.4, -0.2) is 32.3 Å². The molecule has 0 saturated carbocycles. The second kappa shape index (κ2) is 11.1. The van der Waals surface area contributed by atoms with Crippen LogP contribution in [0.4, 0.5) is 0 Å². The van der Waals surface area contributed by atoms with Gasteiger partial charge in [0.15, 0.2) is 11.0 Å². The lowest BCUT2D eigenvalue weighted by Gasteiger charge is -2.15. The normalized spacial score (nSPS) is 11.5. The van der Waals surface area contributed by atoms with Crippen molar-refractivity contribution in [2.75, 3.05) is 5.75 Å². The van der Waals surface area contributed by atoms with Crippen LogP contribution in [0.2, 0.25) is 0 Å². The van der Waals surface area contributed by atoms with E-state index in [1.807, 2.05) is 60.0 Å². The summed E-state index contributed by atoms with van der Waals surface area (Å²) in [6.45, 7) is 6.60. The minimum Gasteiger partial charge on any atom is -0.351 e. The van der Waals surface area contributed by atoms with Crippen molar-refractivity contribution in [1.82, 2.24) is 25.4 Å². The summed E-state index contributed by atoms with van der Waals surface area (Å²) in [5.41, 5.74) is 1.62. The first-order valence-electron chi connectivity index (χ1n) is 9.91. The molecule has 0 aliphatic carbocycles. The average molecular weight is 436 g/mol. The third kappa shape index (κ3) is 6.29. The number of carbonyl (C=O) groups excluding carboxylic acids is 2. The Hall–Kier alpha value is -3.39. The van der Waals surface area contributed by atoms with Gasteiger partial charge in [-0.15, -0.1) is 16.8 Å². The van der Waals surface area contributed by atoms with Gasteiger partial charge in [0.2, 0.25) is 5.91 Å². The van der Waals surface area contributed by atoms with Gasteiger partial charge < -0.3 is 15.2 Å². The van der Waals surface area contributed by atoms with Gasteiger partial charge in [0, 0.05) is 18.7 Å². The summed E-state index contributed by atoms with van der Waals surface area (Å²) in [6.07, 6.45) is 1.73. The van der Waals surface area contributed by atoms with Crippen molar-refractivity contribution >= 4 is 23.6 Å². The van der Waals surface area contributed by atoms with E-state index in [9.17, 15) is 9.59 Å². The Morgan fingerprint density at radius 1 is 1.10 bits per heavy atom. The minimum atomic E-state index is -0.360. The molecule has 8 heteroatoms. The second-order valence-corrected chi connectivity index (χ2v) is 7.79. The molecule has 0 radical (unpaired) electrons. The van der Waals surface area contributed by atoms with Crippen molar-refractivity contribution in [3.8, 4) is 0 Å². The number of aromatic nitrogens is 3. The molecule has 7 nitrogen and oxygen atoms in total. The zero-order chi connectivity index (χ0) is 22.1. The molecule has 2 aromatic carbocycles. The molecule has 2 amide bonds. The van der Waals surface area contributed by atoms with Gasteiger partial charge in [0.05, 0.1) is 11.8 Å². The van der Waals surface area contributed by atoms with E-state index < -0.39 is 0 Å². The molecule has 0 aliphatic rings. The molecule has 1 atom stereocenters. The first-order valence-corrected chi connectivity index (χ1v) is 10.9. The van der Waals surface area contributed by atoms with E-state index in [4.69, 9.17) is 0 Å². The minimum absolute atomic E-state index is 0.0889. The predicted octanol–water partition coefficient (Wildman–Crippen LogP) is 3.36. The van der Waals surface area contributed by atoms with Crippen LogP contribution in [0.5, 0.6) is 0 Å². The highest BCUT2D eigenvalue weighted by Gasteiger charge is 2.20. The Bertz CT molecular complexity index is 1020. The standard InChI is InChI=1S/C23H25N5O2S/c1-3-14-28-21(17(2)25-22(30)19-12-8-5-9-13-19)26-27-23(28)31-16-20(29)24-15-18-10-6-4-7-11-18/h3-13,17H,1,14-16H2,2H3,(H,24,29)(H,25,30)/t17-/m0/s1. The molecule has 3 aromatic rings. The van der Waals surface area contributed by atoms with Crippen LogP contribution in [0.15, 0.2) is 78.5 Å². The fourth-order valence-corrected chi connectivity index (χ4v) is 3.72. The third-order valence-corrected chi connectivity index (χ3v) is 5.46. The summed E-state index contributed by atoms with van der Waals surface area (Å²) in [7, 11) is 0. The largest absolute Gasteiger partial charge is 0.351 e. The number of thioether (sulfide) groups is 1. The summed E-state index contributed by atoms with van der Waals surface area (Å²) < 4.78 is 1.86. The van der Waals surface area contributed by atoms with Crippen molar-refractivity contribution in [3.63, 3.8) is 0 Å². The topological polar surface area (TPSA) is 88.9 Å². The summed E-state index contributed by atoms with van der Waals surface area (Å²) in [4.78, 5) is 24.7. The number of nitrogens with zero attached hydrogens (tertiary/aromatic N) is 3. The Morgan fingerprint density at radius 2 is 1.77 bits per heavy atom. The van der Waals surface area contributed by atoms with Crippen LogP contribution >= 0.6 is 11.8 Å². The van der Waals surface area contributed by atoms with Gasteiger partial charge in [-0.25, -0.2) is 0 Å². The van der Waals surface area contributed by atoms with Gasteiger partial charge in [-0.2, -0.15) is 0 Å². The van der Waals surface area contributed by atoms with Crippen LogP contribution in [0, 0.1) is 0 Å². The molecule has 3 rings (SSSR count). The van der Waals surface area contributed by atoms with E-state index >= 15 is 0 Å². The van der Waals surface area contributed by atoms with Gasteiger partial charge in [-0.1, -0.05) is 66.4 Å². The molecule has 2 N–H and O–H groups in total. The van der Waals surface area contributed by atoms with Crippen LogP contribution in [-0.2, 0) is 17.9 Å². The number of carbonyl (C=O) groups is 2.